The number of carbonyl (C=O) groups is 1. The van der Waals surface area contributed by atoms with E-state index >= 15 is 0 Å². The van der Waals surface area contributed by atoms with Gasteiger partial charge in [0.1, 0.15) is 10.6 Å². The summed E-state index contributed by atoms with van der Waals surface area (Å²) < 4.78 is 5.15. The minimum absolute atomic E-state index is 0.355. The van der Waals surface area contributed by atoms with Gasteiger partial charge in [-0.25, -0.2) is 4.79 Å². The minimum Gasteiger partial charge on any atom is -0.456 e. The van der Waals surface area contributed by atoms with Gasteiger partial charge in [-0.15, -0.1) is 11.3 Å². The van der Waals surface area contributed by atoms with Crippen molar-refractivity contribution in [1.82, 2.24) is 0 Å². The third-order valence-electron chi connectivity index (χ3n) is 1.31. The number of ether oxygens (including phenoxy) is 1. The van der Waals surface area contributed by atoms with Crippen molar-refractivity contribution in [3.63, 3.8) is 0 Å². The van der Waals surface area contributed by atoms with E-state index in [9.17, 15) is 4.79 Å². The molecular weight excluding hydrogens is 186 g/mol. The summed E-state index contributed by atoms with van der Waals surface area (Å²) in [5.74, 6) is -0.355. The summed E-state index contributed by atoms with van der Waals surface area (Å²) in [5.41, 5.74) is 5.57. The first-order valence-electron chi connectivity index (χ1n) is 3.96. The fourth-order valence-corrected chi connectivity index (χ4v) is 1.45. The lowest BCUT2D eigenvalue weighted by molar-refractivity contribution is 0.00713. The molecule has 0 spiro atoms. The maximum atomic E-state index is 11.4. The van der Waals surface area contributed by atoms with Crippen LogP contribution in [-0.2, 0) is 4.74 Å². The Labute approximate surface area is 81.5 Å². The normalized spacial score (nSPS) is 11.3. The van der Waals surface area contributed by atoms with Crippen molar-refractivity contribution >= 4 is 22.3 Å². The smallest absolute Gasteiger partial charge is 0.341 e. The van der Waals surface area contributed by atoms with Gasteiger partial charge in [-0.3, -0.25) is 0 Å². The summed E-state index contributed by atoms with van der Waals surface area (Å²) in [6.45, 7) is 5.48. The quantitative estimate of drug-likeness (QED) is 0.706. The summed E-state index contributed by atoms with van der Waals surface area (Å²) in [7, 11) is 0. The standard InChI is InChI=1S/C9H13NO2S/c1-9(2,3)12-8(11)6-4-5-13-7(6)10/h4-5H,10H2,1-3H3. The van der Waals surface area contributed by atoms with Crippen LogP contribution >= 0.6 is 11.3 Å². The summed E-state index contributed by atoms with van der Waals surface area (Å²) in [5, 5.41) is 2.28. The summed E-state index contributed by atoms with van der Waals surface area (Å²) in [6, 6.07) is 1.67. The van der Waals surface area contributed by atoms with E-state index in [1.165, 1.54) is 11.3 Å². The highest BCUT2D eigenvalue weighted by molar-refractivity contribution is 7.14. The molecule has 72 valence electrons. The predicted molar refractivity (Wildman–Crippen MR) is 53.9 cm³/mol. The van der Waals surface area contributed by atoms with Gasteiger partial charge in [-0.1, -0.05) is 0 Å². The fraction of sp³-hybridized carbons (Fsp3) is 0.444. The van der Waals surface area contributed by atoms with Gasteiger partial charge in [0.25, 0.3) is 0 Å². The maximum absolute atomic E-state index is 11.4. The largest absolute Gasteiger partial charge is 0.456 e. The van der Waals surface area contributed by atoms with Gasteiger partial charge in [0.15, 0.2) is 0 Å². The zero-order valence-corrected chi connectivity index (χ0v) is 8.77. The Morgan fingerprint density at radius 3 is 2.54 bits per heavy atom. The molecule has 3 nitrogen and oxygen atoms in total. The lowest BCUT2D eigenvalue weighted by Crippen LogP contribution is -2.24. The number of esters is 1. The van der Waals surface area contributed by atoms with Gasteiger partial charge >= 0.3 is 5.97 Å². The Bertz CT molecular complexity index is 312. The van der Waals surface area contributed by atoms with Gasteiger partial charge in [0, 0.05) is 0 Å². The summed E-state index contributed by atoms with van der Waals surface area (Å²) in [4.78, 5) is 11.4. The lowest BCUT2D eigenvalue weighted by Gasteiger charge is -2.19. The van der Waals surface area contributed by atoms with Gasteiger partial charge in [0.2, 0.25) is 0 Å². The summed E-state index contributed by atoms with van der Waals surface area (Å²) >= 11 is 1.34. The fourth-order valence-electron chi connectivity index (χ4n) is 0.823. The Kier molecular flexibility index (Phi) is 2.61. The number of nitrogen functional groups attached to an aromatic ring is 1. The van der Waals surface area contributed by atoms with Gasteiger partial charge in [0.05, 0.1) is 5.56 Å². The van der Waals surface area contributed by atoms with Crippen molar-refractivity contribution < 1.29 is 9.53 Å². The van der Waals surface area contributed by atoms with Crippen LogP contribution in [0.4, 0.5) is 5.00 Å². The zero-order valence-electron chi connectivity index (χ0n) is 7.96. The van der Waals surface area contributed by atoms with Crippen LogP contribution in [0.2, 0.25) is 0 Å². The van der Waals surface area contributed by atoms with Crippen LogP contribution in [0.5, 0.6) is 0 Å². The third-order valence-corrected chi connectivity index (χ3v) is 2.06. The number of hydrogen-bond acceptors (Lipinski definition) is 4. The number of carbonyl (C=O) groups excluding carboxylic acids is 1. The Balaban J connectivity index is 2.76. The molecule has 1 aromatic heterocycles. The van der Waals surface area contributed by atoms with E-state index in [2.05, 4.69) is 0 Å². The molecule has 2 N–H and O–H groups in total. The molecule has 0 aliphatic carbocycles. The van der Waals surface area contributed by atoms with Gasteiger partial charge < -0.3 is 10.5 Å². The highest BCUT2D eigenvalue weighted by Gasteiger charge is 2.19. The Morgan fingerprint density at radius 2 is 2.15 bits per heavy atom. The number of thiophene rings is 1. The molecule has 1 aromatic rings. The lowest BCUT2D eigenvalue weighted by atomic mass is 10.2. The molecule has 0 bridgehead atoms. The molecule has 0 radical (unpaired) electrons. The molecule has 0 saturated heterocycles. The van der Waals surface area contributed by atoms with Crippen LogP contribution in [0.1, 0.15) is 31.1 Å². The second-order valence-electron chi connectivity index (χ2n) is 3.70. The van der Waals surface area contributed by atoms with Crippen molar-refractivity contribution in [2.45, 2.75) is 26.4 Å². The van der Waals surface area contributed by atoms with Crippen LogP contribution in [0.3, 0.4) is 0 Å². The van der Waals surface area contributed by atoms with Crippen molar-refractivity contribution in [1.29, 1.82) is 0 Å². The van der Waals surface area contributed by atoms with Crippen LogP contribution in [-0.4, -0.2) is 11.6 Å². The van der Waals surface area contributed by atoms with E-state index in [0.29, 0.717) is 10.6 Å². The molecule has 0 amide bonds. The van der Waals surface area contributed by atoms with E-state index in [0.717, 1.165) is 0 Å². The zero-order chi connectivity index (χ0) is 10.1. The van der Waals surface area contributed by atoms with Crippen molar-refractivity contribution in [3.8, 4) is 0 Å². The SMILES string of the molecule is CC(C)(C)OC(=O)c1ccsc1N. The predicted octanol–water partition coefficient (Wildman–Crippen LogP) is 2.29. The first kappa shape index (κ1) is 10.1. The summed E-state index contributed by atoms with van der Waals surface area (Å²) in [6.07, 6.45) is 0. The van der Waals surface area contributed by atoms with Crippen molar-refractivity contribution in [2.24, 2.45) is 0 Å². The Hall–Kier alpha value is -1.03. The number of rotatable bonds is 1. The Morgan fingerprint density at radius 1 is 1.54 bits per heavy atom. The van der Waals surface area contributed by atoms with E-state index in [4.69, 9.17) is 10.5 Å². The second kappa shape index (κ2) is 3.38. The molecule has 4 heteroatoms. The van der Waals surface area contributed by atoms with Gasteiger partial charge in [-0.2, -0.15) is 0 Å². The first-order valence-corrected chi connectivity index (χ1v) is 4.84. The van der Waals surface area contributed by atoms with E-state index < -0.39 is 5.60 Å². The number of nitrogens with two attached hydrogens (primary N) is 1. The van der Waals surface area contributed by atoms with Crippen LogP contribution < -0.4 is 5.73 Å². The molecule has 13 heavy (non-hydrogen) atoms. The monoisotopic (exact) mass is 199 g/mol. The maximum Gasteiger partial charge on any atom is 0.341 e. The first-order chi connectivity index (χ1) is 5.90. The van der Waals surface area contributed by atoms with Crippen molar-refractivity contribution in [3.05, 3.63) is 17.0 Å². The number of anilines is 1. The van der Waals surface area contributed by atoms with Crippen LogP contribution in [0.15, 0.2) is 11.4 Å². The molecule has 0 unspecified atom stereocenters. The number of hydrogen-bond donors (Lipinski definition) is 1. The molecule has 0 atom stereocenters. The van der Waals surface area contributed by atoms with Crippen molar-refractivity contribution in [2.75, 3.05) is 5.73 Å². The van der Waals surface area contributed by atoms with E-state index in [1.54, 1.807) is 11.4 Å². The molecule has 1 heterocycles. The minimum atomic E-state index is -0.467. The highest BCUT2D eigenvalue weighted by atomic mass is 32.1. The molecule has 0 aliphatic rings. The molecular formula is C9H13NO2S. The third kappa shape index (κ3) is 2.73. The van der Waals surface area contributed by atoms with E-state index in [1.807, 2.05) is 20.8 Å². The van der Waals surface area contributed by atoms with Crippen LogP contribution in [0.25, 0.3) is 0 Å². The van der Waals surface area contributed by atoms with Crippen LogP contribution in [0, 0.1) is 0 Å². The molecule has 0 aliphatic heterocycles. The molecule has 0 saturated carbocycles. The van der Waals surface area contributed by atoms with Gasteiger partial charge in [-0.05, 0) is 32.2 Å². The molecule has 0 aromatic carbocycles. The molecule has 0 fully saturated rings. The average molecular weight is 199 g/mol. The van der Waals surface area contributed by atoms with E-state index in [-0.39, 0.29) is 5.97 Å². The average Bonchev–Trinajstić information content (AvgIpc) is 2.30. The second-order valence-corrected chi connectivity index (χ2v) is 4.65. The highest BCUT2D eigenvalue weighted by Crippen LogP contribution is 2.21. The topological polar surface area (TPSA) is 52.3 Å². The molecule has 1 rings (SSSR count).